The minimum atomic E-state index is 0.0315. The Labute approximate surface area is 122 Å². The molecule has 2 heteroatoms. The molecule has 0 N–H and O–H groups in total. The van der Waals surface area contributed by atoms with Gasteiger partial charge in [0, 0.05) is 12.4 Å². The quantitative estimate of drug-likeness (QED) is 0.746. The molecule has 20 heavy (non-hydrogen) atoms. The number of hydrogen-bond acceptors (Lipinski definition) is 2. The van der Waals surface area contributed by atoms with E-state index in [1.54, 1.807) is 0 Å². The van der Waals surface area contributed by atoms with Gasteiger partial charge in [0.2, 0.25) is 0 Å². The van der Waals surface area contributed by atoms with Gasteiger partial charge in [-0.15, -0.1) is 0 Å². The molecule has 0 fully saturated rings. The van der Waals surface area contributed by atoms with E-state index in [1.165, 1.54) is 11.1 Å². The summed E-state index contributed by atoms with van der Waals surface area (Å²) in [4.78, 5) is 9.11. The van der Waals surface area contributed by atoms with Crippen LogP contribution in [0.4, 0.5) is 0 Å². The third kappa shape index (κ3) is 2.90. The molecule has 2 rings (SSSR count). The van der Waals surface area contributed by atoms with E-state index in [9.17, 15) is 0 Å². The molecule has 106 valence electrons. The largest absolute Gasteiger partial charge is 0.255 e. The van der Waals surface area contributed by atoms with Crippen molar-refractivity contribution in [2.24, 2.45) is 0 Å². The van der Waals surface area contributed by atoms with Crippen molar-refractivity contribution in [1.29, 1.82) is 0 Å². The number of rotatable bonds is 1. The van der Waals surface area contributed by atoms with Crippen molar-refractivity contribution in [3.05, 3.63) is 47.8 Å². The van der Waals surface area contributed by atoms with Gasteiger partial charge in [0.15, 0.2) is 0 Å². The fourth-order valence-electron chi connectivity index (χ4n) is 2.54. The van der Waals surface area contributed by atoms with Crippen LogP contribution in [0.15, 0.2) is 36.7 Å². The molecule has 0 bridgehead atoms. The normalized spacial score (nSPS) is 12.5. The smallest absolute Gasteiger partial charge is 0.0926 e. The lowest BCUT2D eigenvalue weighted by Gasteiger charge is -2.31. The average molecular weight is 268 g/mol. The van der Waals surface area contributed by atoms with Gasteiger partial charge in [-0.1, -0.05) is 47.6 Å². The number of nitrogens with zero attached hydrogens (tertiary/aromatic N) is 2. The predicted octanol–water partition coefficient (Wildman–Crippen LogP) is 4.74. The van der Waals surface area contributed by atoms with Crippen molar-refractivity contribution in [1.82, 2.24) is 9.97 Å². The number of hydrogen-bond donors (Lipinski definition) is 0. The molecule has 0 aliphatic carbocycles. The first-order valence-corrected chi connectivity index (χ1v) is 7.12. The molecule has 2 heterocycles. The van der Waals surface area contributed by atoms with Crippen LogP contribution in [0, 0.1) is 0 Å². The summed E-state index contributed by atoms with van der Waals surface area (Å²) in [7, 11) is 0. The summed E-state index contributed by atoms with van der Waals surface area (Å²) in [5.74, 6) is 0. The average Bonchev–Trinajstić information content (AvgIpc) is 2.37. The number of aromatic nitrogens is 2. The SMILES string of the molecule is CC(C)(C)c1ccnc(-c2ccccn2)c1C(C)(C)C. The molecule has 0 saturated carbocycles. The van der Waals surface area contributed by atoms with E-state index >= 15 is 0 Å². The summed E-state index contributed by atoms with van der Waals surface area (Å²) >= 11 is 0. The van der Waals surface area contributed by atoms with E-state index < -0.39 is 0 Å². The van der Waals surface area contributed by atoms with Gasteiger partial charge in [-0.3, -0.25) is 9.97 Å². The third-order valence-electron chi connectivity index (χ3n) is 3.42. The van der Waals surface area contributed by atoms with Gasteiger partial charge in [-0.2, -0.15) is 0 Å². The summed E-state index contributed by atoms with van der Waals surface area (Å²) < 4.78 is 0. The van der Waals surface area contributed by atoms with Crippen molar-refractivity contribution < 1.29 is 0 Å². The minimum Gasteiger partial charge on any atom is -0.255 e. The van der Waals surface area contributed by atoms with Gasteiger partial charge in [0.05, 0.1) is 11.4 Å². The van der Waals surface area contributed by atoms with Crippen molar-refractivity contribution in [3.8, 4) is 11.4 Å². The standard InChI is InChI=1S/C18H24N2/c1-17(2,3)13-10-12-20-16(15(13)18(4,5)6)14-9-7-8-11-19-14/h7-12H,1-6H3. The molecular formula is C18H24N2. The van der Waals surface area contributed by atoms with Crippen LogP contribution in [-0.2, 0) is 10.8 Å². The summed E-state index contributed by atoms with van der Waals surface area (Å²) in [5, 5.41) is 0. The van der Waals surface area contributed by atoms with E-state index in [2.05, 4.69) is 57.6 Å². The fourth-order valence-corrected chi connectivity index (χ4v) is 2.54. The van der Waals surface area contributed by atoms with Crippen LogP contribution in [0.3, 0.4) is 0 Å². The zero-order valence-electron chi connectivity index (χ0n) is 13.4. The lowest BCUT2D eigenvalue weighted by Crippen LogP contribution is -2.23. The Hall–Kier alpha value is -1.70. The van der Waals surface area contributed by atoms with Crippen molar-refractivity contribution in [2.45, 2.75) is 52.4 Å². The van der Waals surface area contributed by atoms with E-state index in [1.807, 2.05) is 30.6 Å². The van der Waals surface area contributed by atoms with Crippen molar-refractivity contribution in [2.75, 3.05) is 0 Å². The summed E-state index contributed by atoms with van der Waals surface area (Å²) in [5.41, 5.74) is 4.72. The molecule has 2 aromatic heterocycles. The lowest BCUT2D eigenvalue weighted by molar-refractivity contribution is 0.529. The highest BCUT2D eigenvalue weighted by Crippen LogP contribution is 2.38. The maximum absolute atomic E-state index is 4.63. The molecule has 0 atom stereocenters. The molecule has 0 unspecified atom stereocenters. The first kappa shape index (κ1) is 14.7. The van der Waals surface area contributed by atoms with E-state index in [0.29, 0.717) is 0 Å². The molecule has 0 spiro atoms. The second-order valence-electron chi connectivity index (χ2n) is 7.30. The molecule has 0 radical (unpaired) electrons. The minimum absolute atomic E-state index is 0.0315. The van der Waals surface area contributed by atoms with Gasteiger partial charge >= 0.3 is 0 Å². The Balaban J connectivity index is 2.77. The van der Waals surface area contributed by atoms with Gasteiger partial charge in [-0.05, 0) is 40.2 Å². The highest BCUT2D eigenvalue weighted by Gasteiger charge is 2.29. The molecular weight excluding hydrogens is 244 g/mol. The molecule has 0 amide bonds. The van der Waals surface area contributed by atoms with Crippen LogP contribution in [-0.4, -0.2) is 9.97 Å². The van der Waals surface area contributed by atoms with E-state index in [-0.39, 0.29) is 10.8 Å². The second-order valence-corrected chi connectivity index (χ2v) is 7.30. The van der Waals surface area contributed by atoms with Crippen LogP contribution in [0.5, 0.6) is 0 Å². The van der Waals surface area contributed by atoms with Crippen LogP contribution in [0.25, 0.3) is 11.4 Å². The van der Waals surface area contributed by atoms with Gasteiger partial charge in [-0.25, -0.2) is 0 Å². The van der Waals surface area contributed by atoms with Gasteiger partial charge < -0.3 is 0 Å². The van der Waals surface area contributed by atoms with E-state index in [4.69, 9.17) is 0 Å². The monoisotopic (exact) mass is 268 g/mol. The first-order valence-electron chi connectivity index (χ1n) is 7.12. The molecule has 0 aliphatic heterocycles. The highest BCUT2D eigenvalue weighted by molar-refractivity contribution is 5.63. The first-order chi connectivity index (χ1) is 9.21. The maximum Gasteiger partial charge on any atom is 0.0926 e. The van der Waals surface area contributed by atoms with Gasteiger partial charge in [0.25, 0.3) is 0 Å². The molecule has 0 aromatic carbocycles. The Morgan fingerprint density at radius 1 is 0.750 bits per heavy atom. The Morgan fingerprint density at radius 3 is 1.95 bits per heavy atom. The lowest BCUT2D eigenvalue weighted by atomic mass is 9.74. The van der Waals surface area contributed by atoms with Crippen LogP contribution in [0.2, 0.25) is 0 Å². The third-order valence-corrected chi connectivity index (χ3v) is 3.42. The zero-order valence-corrected chi connectivity index (χ0v) is 13.4. The summed E-state index contributed by atoms with van der Waals surface area (Å²) in [6.07, 6.45) is 3.73. The predicted molar refractivity (Wildman–Crippen MR) is 84.9 cm³/mol. The number of pyridine rings is 2. The summed E-state index contributed by atoms with van der Waals surface area (Å²) in [6.45, 7) is 13.5. The molecule has 2 nitrogen and oxygen atoms in total. The molecule has 0 saturated heterocycles. The second kappa shape index (κ2) is 5.01. The highest BCUT2D eigenvalue weighted by atomic mass is 14.8. The summed E-state index contributed by atoms with van der Waals surface area (Å²) in [6, 6.07) is 8.13. The van der Waals surface area contributed by atoms with Crippen molar-refractivity contribution >= 4 is 0 Å². The topological polar surface area (TPSA) is 25.8 Å². The van der Waals surface area contributed by atoms with Crippen LogP contribution >= 0.6 is 0 Å². The Kier molecular flexibility index (Phi) is 3.68. The van der Waals surface area contributed by atoms with E-state index in [0.717, 1.165) is 11.4 Å². The fraction of sp³-hybridized carbons (Fsp3) is 0.444. The Morgan fingerprint density at radius 2 is 1.45 bits per heavy atom. The Bertz CT molecular complexity index is 587. The zero-order chi connectivity index (χ0) is 15.0. The van der Waals surface area contributed by atoms with Crippen LogP contribution in [0.1, 0.15) is 52.7 Å². The van der Waals surface area contributed by atoms with Crippen molar-refractivity contribution in [3.63, 3.8) is 0 Å². The van der Waals surface area contributed by atoms with Crippen LogP contribution < -0.4 is 0 Å². The van der Waals surface area contributed by atoms with Gasteiger partial charge in [0.1, 0.15) is 0 Å². The molecule has 2 aromatic rings. The molecule has 0 aliphatic rings. The maximum atomic E-state index is 4.63.